The molecule has 1 aromatic rings. The number of carbonyl (C=O) groups is 1. The molecule has 1 fully saturated rings. The average molecular weight is 314 g/mol. The maximum absolute atomic E-state index is 11.9. The van der Waals surface area contributed by atoms with Crippen molar-refractivity contribution in [2.75, 3.05) is 6.54 Å². The Morgan fingerprint density at radius 3 is 3.10 bits per heavy atom. The van der Waals surface area contributed by atoms with Crippen molar-refractivity contribution in [1.29, 1.82) is 0 Å². The molecule has 0 radical (unpaired) electrons. The third-order valence-electron chi connectivity index (χ3n) is 3.54. The van der Waals surface area contributed by atoms with Gasteiger partial charge in [-0.05, 0) is 44.4 Å². The number of ether oxygens (including phenoxy) is 1. The first kappa shape index (κ1) is 17.7. The van der Waals surface area contributed by atoms with E-state index in [1.807, 2.05) is 19.1 Å². The predicted octanol–water partition coefficient (Wildman–Crippen LogP) is 2.05. The van der Waals surface area contributed by atoms with E-state index in [0.717, 1.165) is 31.4 Å². The Bertz CT molecular complexity index is 450. The lowest BCUT2D eigenvalue weighted by Crippen LogP contribution is -2.40. The topological polar surface area (TPSA) is 63.2 Å². The zero-order valence-electron chi connectivity index (χ0n) is 12.6. The summed E-state index contributed by atoms with van der Waals surface area (Å²) in [5.74, 6) is 0.689. The van der Waals surface area contributed by atoms with Gasteiger partial charge < -0.3 is 15.4 Å². The Morgan fingerprint density at radius 2 is 2.43 bits per heavy atom. The molecule has 118 valence electrons. The summed E-state index contributed by atoms with van der Waals surface area (Å²) in [5.41, 5.74) is 1.00. The van der Waals surface area contributed by atoms with Crippen LogP contribution < -0.4 is 15.4 Å². The van der Waals surface area contributed by atoms with Crippen LogP contribution in [0.5, 0.6) is 5.88 Å². The highest BCUT2D eigenvalue weighted by Crippen LogP contribution is 2.12. The van der Waals surface area contributed by atoms with Gasteiger partial charge >= 0.3 is 0 Å². The second-order valence-corrected chi connectivity index (χ2v) is 5.21. The fourth-order valence-corrected chi connectivity index (χ4v) is 2.14. The van der Waals surface area contributed by atoms with Gasteiger partial charge in [-0.25, -0.2) is 4.98 Å². The Kier molecular flexibility index (Phi) is 7.47. The van der Waals surface area contributed by atoms with E-state index in [1.54, 1.807) is 6.20 Å². The number of amides is 1. The van der Waals surface area contributed by atoms with Gasteiger partial charge in [0.1, 0.15) is 0 Å². The summed E-state index contributed by atoms with van der Waals surface area (Å²) >= 11 is 0. The molecule has 1 amide bonds. The second-order valence-electron chi connectivity index (χ2n) is 5.21. The van der Waals surface area contributed by atoms with Crippen molar-refractivity contribution in [3.63, 3.8) is 0 Å². The molecule has 1 aromatic heterocycles. The van der Waals surface area contributed by atoms with Gasteiger partial charge in [0.15, 0.2) is 0 Å². The van der Waals surface area contributed by atoms with E-state index in [1.165, 1.54) is 0 Å². The number of hydrogen-bond donors (Lipinski definition) is 2. The minimum Gasteiger partial charge on any atom is -0.475 e. The van der Waals surface area contributed by atoms with Crippen molar-refractivity contribution < 1.29 is 9.53 Å². The summed E-state index contributed by atoms with van der Waals surface area (Å²) in [4.78, 5) is 16.1. The molecular weight excluding hydrogens is 290 g/mol. The van der Waals surface area contributed by atoms with E-state index < -0.39 is 0 Å². The minimum absolute atomic E-state index is 0. The number of halogens is 1. The van der Waals surface area contributed by atoms with E-state index in [4.69, 9.17) is 4.74 Å². The molecule has 2 unspecified atom stereocenters. The van der Waals surface area contributed by atoms with E-state index in [0.29, 0.717) is 12.4 Å². The van der Waals surface area contributed by atoms with E-state index in [-0.39, 0.29) is 30.5 Å². The van der Waals surface area contributed by atoms with Crippen molar-refractivity contribution in [2.24, 2.45) is 0 Å². The van der Waals surface area contributed by atoms with E-state index in [9.17, 15) is 4.79 Å². The van der Waals surface area contributed by atoms with E-state index >= 15 is 0 Å². The molecule has 1 aliphatic heterocycles. The molecule has 2 rings (SSSR count). The summed E-state index contributed by atoms with van der Waals surface area (Å²) in [5, 5.41) is 6.14. The summed E-state index contributed by atoms with van der Waals surface area (Å²) in [6, 6.07) is 3.74. The highest BCUT2D eigenvalue weighted by Gasteiger charge is 2.21. The summed E-state index contributed by atoms with van der Waals surface area (Å²) < 4.78 is 5.67. The molecule has 2 heterocycles. The number of nitrogens with zero attached hydrogens (tertiary/aromatic N) is 1. The molecule has 2 atom stereocenters. The largest absolute Gasteiger partial charge is 0.475 e. The maximum Gasteiger partial charge on any atom is 0.237 e. The average Bonchev–Trinajstić information content (AvgIpc) is 2.99. The van der Waals surface area contributed by atoms with Crippen LogP contribution in [0.1, 0.15) is 38.7 Å². The SMILES string of the molecule is CCC(C)Oc1cc(CNC(=O)C2CCCN2)ccn1.Cl. The third-order valence-corrected chi connectivity index (χ3v) is 3.54. The van der Waals surface area contributed by atoms with Crippen LogP contribution in [0.4, 0.5) is 0 Å². The van der Waals surface area contributed by atoms with Crippen molar-refractivity contribution in [2.45, 2.75) is 51.8 Å². The zero-order valence-corrected chi connectivity index (χ0v) is 13.4. The summed E-state index contributed by atoms with van der Waals surface area (Å²) in [6.07, 6.45) is 4.79. The fraction of sp³-hybridized carbons (Fsp3) is 0.600. The molecule has 6 heteroatoms. The lowest BCUT2D eigenvalue weighted by molar-refractivity contribution is -0.122. The van der Waals surface area contributed by atoms with Gasteiger partial charge in [-0.15, -0.1) is 12.4 Å². The monoisotopic (exact) mass is 313 g/mol. The Morgan fingerprint density at radius 1 is 1.62 bits per heavy atom. The summed E-state index contributed by atoms with van der Waals surface area (Å²) in [6.45, 7) is 5.53. The number of rotatable bonds is 6. The first-order valence-electron chi connectivity index (χ1n) is 7.31. The van der Waals surface area contributed by atoms with Crippen LogP contribution in [0, 0.1) is 0 Å². The number of hydrogen-bond acceptors (Lipinski definition) is 4. The van der Waals surface area contributed by atoms with Crippen molar-refractivity contribution in [1.82, 2.24) is 15.6 Å². The van der Waals surface area contributed by atoms with E-state index in [2.05, 4.69) is 22.5 Å². The highest BCUT2D eigenvalue weighted by molar-refractivity contribution is 5.85. The molecule has 0 aromatic carbocycles. The van der Waals surface area contributed by atoms with Crippen LogP contribution in [-0.4, -0.2) is 29.6 Å². The predicted molar refractivity (Wildman–Crippen MR) is 84.7 cm³/mol. The maximum atomic E-state index is 11.9. The first-order valence-corrected chi connectivity index (χ1v) is 7.31. The number of nitrogens with one attached hydrogen (secondary N) is 2. The van der Waals surface area contributed by atoms with Gasteiger partial charge in [0.05, 0.1) is 12.1 Å². The molecule has 0 bridgehead atoms. The van der Waals surface area contributed by atoms with Crippen LogP contribution in [0.2, 0.25) is 0 Å². The van der Waals surface area contributed by atoms with Gasteiger partial charge in [0, 0.05) is 18.8 Å². The quantitative estimate of drug-likeness (QED) is 0.843. The van der Waals surface area contributed by atoms with Gasteiger partial charge in [-0.1, -0.05) is 6.92 Å². The van der Waals surface area contributed by atoms with Gasteiger partial charge in [0.2, 0.25) is 11.8 Å². The number of pyridine rings is 1. The standard InChI is InChI=1S/C15H23N3O2.ClH/c1-3-11(2)20-14-9-12(6-8-17-14)10-18-15(19)13-5-4-7-16-13;/h6,8-9,11,13,16H,3-5,7,10H2,1-2H3,(H,18,19);1H. The lowest BCUT2D eigenvalue weighted by atomic mass is 10.2. The zero-order chi connectivity index (χ0) is 14.4. The first-order chi connectivity index (χ1) is 9.69. The third kappa shape index (κ3) is 5.52. The lowest BCUT2D eigenvalue weighted by Gasteiger charge is -2.13. The number of aromatic nitrogens is 1. The molecular formula is C15H24ClN3O2. The van der Waals surface area contributed by atoms with Crippen LogP contribution in [-0.2, 0) is 11.3 Å². The Balaban J connectivity index is 0.00000220. The fourth-order valence-electron chi connectivity index (χ4n) is 2.14. The molecule has 1 aliphatic rings. The Labute approximate surface area is 132 Å². The van der Waals surface area contributed by atoms with Gasteiger partial charge in [0.25, 0.3) is 0 Å². The van der Waals surface area contributed by atoms with Crippen LogP contribution in [0.3, 0.4) is 0 Å². The molecule has 21 heavy (non-hydrogen) atoms. The highest BCUT2D eigenvalue weighted by atomic mass is 35.5. The van der Waals surface area contributed by atoms with Crippen molar-refractivity contribution in [3.8, 4) is 5.88 Å². The van der Waals surface area contributed by atoms with Crippen LogP contribution >= 0.6 is 12.4 Å². The second kappa shape index (κ2) is 8.85. The number of carbonyl (C=O) groups excluding carboxylic acids is 1. The Hall–Kier alpha value is -1.33. The normalized spacial score (nSPS) is 18.7. The summed E-state index contributed by atoms with van der Waals surface area (Å²) in [7, 11) is 0. The molecule has 5 nitrogen and oxygen atoms in total. The molecule has 0 saturated carbocycles. The minimum atomic E-state index is -0.0346. The van der Waals surface area contributed by atoms with Gasteiger partial charge in [-0.2, -0.15) is 0 Å². The van der Waals surface area contributed by atoms with Gasteiger partial charge in [-0.3, -0.25) is 4.79 Å². The molecule has 0 aliphatic carbocycles. The van der Waals surface area contributed by atoms with Crippen molar-refractivity contribution >= 4 is 18.3 Å². The molecule has 0 spiro atoms. The van der Waals surface area contributed by atoms with Crippen molar-refractivity contribution in [3.05, 3.63) is 23.9 Å². The van der Waals surface area contributed by atoms with Crippen LogP contribution in [0.15, 0.2) is 18.3 Å². The smallest absolute Gasteiger partial charge is 0.237 e. The molecule has 2 N–H and O–H groups in total. The van der Waals surface area contributed by atoms with Crippen LogP contribution in [0.25, 0.3) is 0 Å². The molecule has 1 saturated heterocycles.